The lowest BCUT2D eigenvalue weighted by molar-refractivity contribution is 0.559. The van der Waals surface area contributed by atoms with E-state index in [1.165, 1.54) is 0 Å². The maximum atomic E-state index is 12.0. The second-order valence-corrected chi connectivity index (χ2v) is 7.89. The SMILES string of the molecule is CC(C)(C)S(=O)(=O)Cc1ccc(Cl)cc1N. The van der Waals surface area contributed by atoms with E-state index in [0.29, 0.717) is 16.3 Å². The second-order valence-electron chi connectivity index (χ2n) is 4.71. The summed E-state index contributed by atoms with van der Waals surface area (Å²) >= 11 is 5.75. The lowest BCUT2D eigenvalue weighted by atomic mass is 10.2. The van der Waals surface area contributed by atoms with E-state index < -0.39 is 14.6 Å². The molecule has 0 aliphatic rings. The molecule has 3 nitrogen and oxygen atoms in total. The summed E-state index contributed by atoms with van der Waals surface area (Å²) < 4.78 is 23.2. The molecule has 16 heavy (non-hydrogen) atoms. The lowest BCUT2D eigenvalue weighted by Gasteiger charge is -2.19. The van der Waals surface area contributed by atoms with E-state index in [-0.39, 0.29) is 5.75 Å². The van der Waals surface area contributed by atoms with E-state index in [4.69, 9.17) is 17.3 Å². The zero-order valence-corrected chi connectivity index (χ0v) is 11.2. The van der Waals surface area contributed by atoms with Crippen LogP contribution in [-0.2, 0) is 15.6 Å². The Labute approximate surface area is 102 Å². The van der Waals surface area contributed by atoms with Gasteiger partial charge in [-0.3, -0.25) is 0 Å². The van der Waals surface area contributed by atoms with Gasteiger partial charge in [0.05, 0.1) is 10.5 Å². The highest BCUT2D eigenvalue weighted by Gasteiger charge is 2.29. The second kappa shape index (κ2) is 4.26. The van der Waals surface area contributed by atoms with Crippen LogP contribution in [0.15, 0.2) is 18.2 Å². The van der Waals surface area contributed by atoms with Crippen LogP contribution < -0.4 is 5.73 Å². The number of hydrogen-bond donors (Lipinski definition) is 1. The minimum atomic E-state index is -3.21. The lowest BCUT2D eigenvalue weighted by Crippen LogP contribution is -2.29. The van der Waals surface area contributed by atoms with E-state index in [2.05, 4.69) is 0 Å². The van der Waals surface area contributed by atoms with Crippen molar-refractivity contribution in [3.8, 4) is 0 Å². The molecule has 0 saturated heterocycles. The number of nitrogens with two attached hydrogens (primary N) is 1. The summed E-state index contributed by atoms with van der Waals surface area (Å²) in [6.07, 6.45) is 0. The zero-order valence-electron chi connectivity index (χ0n) is 9.62. The monoisotopic (exact) mass is 261 g/mol. The van der Waals surface area contributed by atoms with Gasteiger partial charge in [0.2, 0.25) is 0 Å². The first-order valence-electron chi connectivity index (χ1n) is 4.90. The van der Waals surface area contributed by atoms with Crippen molar-refractivity contribution in [1.82, 2.24) is 0 Å². The van der Waals surface area contributed by atoms with E-state index in [1.54, 1.807) is 39.0 Å². The molecule has 1 aromatic carbocycles. The fraction of sp³-hybridized carbons (Fsp3) is 0.455. The van der Waals surface area contributed by atoms with Gasteiger partial charge in [0.1, 0.15) is 0 Å². The van der Waals surface area contributed by atoms with Crippen molar-refractivity contribution in [2.75, 3.05) is 5.73 Å². The van der Waals surface area contributed by atoms with Crippen LogP contribution in [0.25, 0.3) is 0 Å². The smallest absolute Gasteiger partial charge is 0.159 e. The summed E-state index contributed by atoms with van der Waals surface area (Å²) in [6.45, 7) is 5.03. The Morgan fingerprint density at radius 2 is 1.88 bits per heavy atom. The quantitative estimate of drug-likeness (QED) is 0.833. The number of rotatable bonds is 2. The standard InChI is InChI=1S/C11H16ClNO2S/c1-11(2,3)16(14,15)7-8-4-5-9(12)6-10(8)13/h4-6H,7,13H2,1-3H3. The van der Waals surface area contributed by atoms with Gasteiger partial charge in [0, 0.05) is 10.7 Å². The van der Waals surface area contributed by atoms with E-state index >= 15 is 0 Å². The summed E-state index contributed by atoms with van der Waals surface area (Å²) in [6, 6.07) is 4.86. The van der Waals surface area contributed by atoms with Crippen LogP contribution >= 0.6 is 11.6 Å². The molecule has 0 fully saturated rings. The molecule has 2 N–H and O–H groups in total. The third-order valence-corrected chi connectivity index (χ3v) is 5.18. The zero-order chi connectivity index (χ0) is 12.6. The Bertz CT molecular complexity index is 489. The summed E-state index contributed by atoms with van der Waals surface area (Å²) in [5.74, 6) is -0.0560. The molecule has 0 bridgehead atoms. The summed E-state index contributed by atoms with van der Waals surface area (Å²) in [4.78, 5) is 0. The van der Waals surface area contributed by atoms with Crippen molar-refractivity contribution in [1.29, 1.82) is 0 Å². The molecule has 1 aromatic rings. The van der Waals surface area contributed by atoms with Gasteiger partial charge >= 0.3 is 0 Å². The van der Waals surface area contributed by atoms with Gasteiger partial charge < -0.3 is 5.73 Å². The van der Waals surface area contributed by atoms with Crippen molar-refractivity contribution >= 4 is 27.1 Å². The first-order chi connectivity index (χ1) is 7.13. The minimum absolute atomic E-state index is 0.0560. The Kier molecular flexibility index (Phi) is 3.55. The number of halogens is 1. The summed E-state index contributed by atoms with van der Waals surface area (Å²) in [5, 5.41) is 0.509. The average molecular weight is 262 g/mol. The van der Waals surface area contributed by atoms with Gasteiger partial charge in [-0.15, -0.1) is 0 Å². The molecule has 0 heterocycles. The topological polar surface area (TPSA) is 60.2 Å². The third kappa shape index (κ3) is 2.89. The summed E-state index contributed by atoms with van der Waals surface area (Å²) in [5.41, 5.74) is 6.74. The van der Waals surface area contributed by atoms with Gasteiger partial charge in [-0.1, -0.05) is 17.7 Å². The normalized spacial score (nSPS) is 12.8. The highest BCUT2D eigenvalue weighted by atomic mass is 35.5. The van der Waals surface area contributed by atoms with Gasteiger partial charge in [0.25, 0.3) is 0 Å². The minimum Gasteiger partial charge on any atom is -0.398 e. The van der Waals surface area contributed by atoms with E-state index in [1.807, 2.05) is 0 Å². The van der Waals surface area contributed by atoms with Crippen LogP contribution in [0.2, 0.25) is 5.02 Å². The molecule has 0 saturated carbocycles. The fourth-order valence-corrected chi connectivity index (χ4v) is 2.40. The molecular weight excluding hydrogens is 246 g/mol. The molecular formula is C11H16ClNO2S. The Balaban J connectivity index is 3.07. The molecule has 0 aliphatic heterocycles. The fourth-order valence-electron chi connectivity index (χ4n) is 1.12. The first kappa shape index (κ1) is 13.3. The predicted molar refractivity (Wildman–Crippen MR) is 68.2 cm³/mol. The molecule has 0 aromatic heterocycles. The molecule has 90 valence electrons. The van der Waals surface area contributed by atoms with Gasteiger partial charge in [0.15, 0.2) is 9.84 Å². The number of benzene rings is 1. The van der Waals surface area contributed by atoms with Gasteiger partial charge in [-0.25, -0.2) is 8.42 Å². The van der Waals surface area contributed by atoms with Gasteiger partial charge in [-0.05, 0) is 38.5 Å². The van der Waals surface area contributed by atoms with E-state index in [0.717, 1.165) is 0 Å². The number of anilines is 1. The Morgan fingerprint density at radius 1 is 1.31 bits per heavy atom. The van der Waals surface area contributed by atoms with Crippen molar-refractivity contribution in [2.45, 2.75) is 31.3 Å². The predicted octanol–water partition coefficient (Wildman–Crippen LogP) is 2.64. The number of sulfone groups is 1. The molecule has 0 radical (unpaired) electrons. The van der Waals surface area contributed by atoms with Crippen LogP contribution in [0, 0.1) is 0 Å². The number of hydrogen-bond acceptors (Lipinski definition) is 3. The maximum Gasteiger partial charge on any atom is 0.159 e. The van der Waals surface area contributed by atoms with Crippen LogP contribution in [0.3, 0.4) is 0 Å². The molecule has 0 aliphatic carbocycles. The van der Waals surface area contributed by atoms with E-state index in [9.17, 15) is 8.42 Å². The first-order valence-corrected chi connectivity index (χ1v) is 6.93. The van der Waals surface area contributed by atoms with Crippen molar-refractivity contribution in [3.63, 3.8) is 0 Å². The molecule has 0 unspecified atom stereocenters. The Morgan fingerprint density at radius 3 is 2.31 bits per heavy atom. The summed E-state index contributed by atoms with van der Waals surface area (Å²) in [7, 11) is -3.21. The molecule has 1 rings (SSSR count). The van der Waals surface area contributed by atoms with Gasteiger partial charge in [-0.2, -0.15) is 0 Å². The van der Waals surface area contributed by atoms with Crippen LogP contribution in [0.5, 0.6) is 0 Å². The highest BCUT2D eigenvalue weighted by molar-refractivity contribution is 7.91. The third-order valence-electron chi connectivity index (χ3n) is 2.39. The molecule has 5 heteroatoms. The van der Waals surface area contributed by atoms with Crippen molar-refractivity contribution in [3.05, 3.63) is 28.8 Å². The van der Waals surface area contributed by atoms with Crippen LogP contribution in [-0.4, -0.2) is 13.2 Å². The molecule has 0 amide bonds. The highest BCUT2D eigenvalue weighted by Crippen LogP contribution is 2.25. The molecule has 0 spiro atoms. The number of nitrogen functional groups attached to an aromatic ring is 1. The average Bonchev–Trinajstić information content (AvgIpc) is 2.08. The van der Waals surface area contributed by atoms with Crippen LogP contribution in [0.1, 0.15) is 26.3 Å². The maximum absolute atomic E-state index is 12.0. The Hall–Kier alpha value is -0.740. The molecule has 0 atom stereocenters. The van der Waals surface area contributed by atoms with Crippen LogP contribution in [0.4, 0.5) is 5.69 Å². The van der Waals surface area contributed by atoms with Crippen molar-refractivity contribution in [2.24, 2.45) is 0 Å². The largest absolute Gasteiger partial charge is 0.398 e. The van der Waals surface area contributed by atoms with Crippen molar-refractivity contribution < 1.29 is 8.42 Å².